The van der Waals surface area contributed by atoms with E-state index in [-0.39, 0.29) is 0 Å². The molecule has 1 rings (SSSR count). The molecular formula is C12H13ClO. The lowest BCUT2D eigenvalue weighted by molar-refractivity contribution is 0.174. The van der Waals surface area contributed by atoms with Crippen LogP contribution in [0.25, 0.3) is 0 Å². The van der Waals surface area contributed by atoms with Gasteiger partial charge in [0.15, 0.2) is 0 Å². The lowest BCUT2D eigenvalue weighted by atomic mass is 10.0. The Hall–Kier alpha value is -0.970. The van der Waals surface area contributed by atoms with Crippen molar-refractivity contribution in [1.29, 1.82) is 0 Å². The number of terminal acetylenes is 1. The van der Waals surface area contributed by atoms with Crippen molar-refractivity contribution in [3.05, 3.63) is 35.4 Å². The van der Waals surface area contributed by atoms with E-state index < -0.39 is 6.10 Å². The van der Waals surface area contributed by atoms with Crippen molar-refractivity contribution in [3.63, 3.8) is 0 Å². The third kappa shape index (κ3) is 3.06. The Balaban J connectivity index is 2.68. The molecule has 0 aromatic heterocycles. The highest BCUT2D eigenvalue weighted by Crippen LogP contribution is 2.17. The van der Waals surface area contributed by atoms with Gasteiger partial charge < -0.3 is 5.11 Å². The van der Waals surface area contributed by atoms with Crippen LogP contribution in [0.3, 0.4) is 0 Å². The number of halogens is 1. The summed E-state index contributed by atoms with van der Waals surface area (Å²) in [6.07, 6.45) is 5.93. The second-order valence-corrected chi connectivity index (χ2v) is 3.49. The molecule has 0 heterocycles. The summed E-state index contributed by atoms with van der Waals surface area (Å²) >= 11 is 5.54. The first kappa shape index (κ1) is 11.1. The van der Waals surface area contributed by atoms with Gasteiger partial charge in [-0.25, -0.2) is 0 Å². The fourth-order valence-corrected chi connectivity index (χ4v) is 1.45. The number of alkyl halides is 1. The maximum Gasteiger partial charge on any atom is 0.0801 e. The van der Waals surface area contributed by atoms with Crippen molar-refractivity contribution in [2.24, 2.45) is 0 Å². The molecule has 2 heteroatoms. The maximum atomic E-state index is 9.62. The normalized spacial score (nSPS) is 12.1. The molecule has 14 heavy (non-hydrogen) atoms. The Morgan fingerprint density at radius 3 is 2.50 bits per heavy atom. The van der Waals surface area contributed by atoms with Crippen LogP contribution < -0.4 is 0 Å². The average molecular weight is 209 g/mol. The largest absolute Gasteiger partial charge is 0.388 e. The predicted molar refractivity (Wildman–Crippen MR) is 59.3 cm³/mol. The number of aliphatic hydroxyl groups excluding tert-OH is 1. The van der Waals surface area contributed by atoms with Gasteiger partial charge in [0.25, 0.3) is 0 Å². The quantitative estimate of drug-likeness (QED) is 0.596. The number of hydrogen-bond donors (Lipinski definition) is 1. The highest BCUT2D eigenvalue weighted by molar-refractivity contribution is 6.17. The van der Waals surface area contributed by atoms with Crippen LogP contribution in [0.4, 0.5) is 0 Å². The summed E-state index contributed by atoms with van der Waals surface area (Å²) < 4.78 is 0. The fourth-order valence-electron chi connectivity index (χ4n) is 1.25. The van der Waals surface area contributed by atoms with Gasteiger partial charge in [-0.1, -0.05) is 24.3 Å². The third-order valence-corrected chi connectivity index (χ3v) is 2.27. The molecule has 0 bridgehead atoms. The molecule has 0 spiro atoms. The summed E-state index contributed by atoms with van der Waals surface area (Å²) in [7, 11) is 0. The van der Waals surface area contributed by atoms with Crippen molar-refractivity contribution in [1.82, 2.24) is 0 Å². The standard InChI is InChI=1S/C12H13ClO/c1-2-3-10-4-6-11(7-5-10)12(14)8-9-13/h1,4-7,12,14H,3,8-9H2. The van der Waals surface area contributed by atoms with Gasteiger partial charge in [0.1, 0.15) is 0 Å². The van der Waals surface area contributed by atoms with Crippen molar-refractivity contribution >= 4 is 11.6 Å². The van der Waals surface area contributed by atoms with Gasteiger partial charge in [-0.3, -0.25) is 0 Å². The molecule has 74 valence electrons. The van der Waals surface area contributed by atoms with E-state index in [1.165, 1.54) is 0 Å². The molecule has 0 aliphatic heterocycles. The van der Waals surface area contributed by atoms with Crippen LogP contribution in [0.5, 0.6) is 0 Å². The minimum Gasteiger partial charge on any atom is -0.388 e. The Morgan fingerprint density at radius 2 is 2.00 bits per heavy atom. The van der Waals surface area contributed by atoms with E-state index in [4.69, 9.17) is 18.0 Å². The Bertz CT molecular complexity index is 310. The van der Waals surface area contributed by atoms with Gasteiger partial charge >= 0.3 is 0 Å². The smallest absolute Gasteiger partial charge is 0.0801 e. The summed E-state index contributed by atoms with van der Waals surface area (Å²) in [6, 6.07) is 7.66. The van der Waals surface area contributed by atoms with Crippen molar-refractivity contribution in [2.75, 3.05) is 5.88 Å². The predicted octanol–water partition coefficient (Wildman–Crippen LogP) is 2.52. The molecule has 1 atom stereocenters. The van der Waals surface area contributed by atoms with Gasteiger partial charge in [0.05, 0.1) is 6.10 Å². The first-order chi connectivity index (χ1) is 6.77. The molecule has 0 saturated carbocycles. The molecule has 0 amide bonds. The Labute approximate surface area is 89.7 Å². The first-order valence-electron chi connectivity index (χ1n) is 4.54. The lowest BCUT2D eigenvalue weighted by Crippen LogP contribution is -1.98. The van der Waals surface area contributed by atoms with Crippen LogP contribution in [0.2, 0.25) is 0 Å². The van der Waals surface area contributed by atoms with E-state index in [0.717, 1.165) is 11.1 Å². The number of rotatable bonds is 4. The van der Waals surface area contributed by atoms with E-state index in [0.29, 0.717) is 18.7 Å². The molecule has 0 aliphatic rings. The minimum absolute atomic E-state index is 0.465. The number of hydrogen-bond acceptors (Lipinski definition) is 1. The topological polar surface area (TPSA) is 20.2 Å². The van der Waals surface area contributed by atoms with Gasteiger partial charge in [0, 0.05) is 12.3 Å². The van der Waals surface area contributed by atoms with E-state index >= 15 is 0 Å². The Kier molecular flexibility index (Phi) is 4.52. The minimum atomic E-state index is -0.465. The Morgan fingerprint density at radius 1 is 1.36 bits per heavy atom. The first-order valence-corrected chi connectivity index (χ1v) is 5.07. The second kappa shape index (κ2) is 5.70. The molecule has 0 fully saturated rings. The maximum absolute atomic E-state index is 9.62. The summed E-state index contributed by atoms with van der Waals surface area (Å²) in [5.41, 5.74) is 1.99. The van der Waals surface area contributed by atoms with Crippen molar-refractivity contribution in [2.45, 2.75) is 18.9 Å². The van der Waals surface area contributed by atoms with Gasteiger partial charge in [-0.05, 0) is 17.5 Å². The van der Waals surface area contributed by atoms with E-state index in [9.17, 15) is 5.11 Å². The summed E-state index contributed by atoms with van der Waals surface area (Å²) in [5.74, 6) is 3.04. The molecule has 1 aromatic rings. The van der Waals surface area contributed by atoms with Gasteiger partial charge in [0.2, 0.25) is 0 Å². The molecular weight excluding hydrogens is 196 g/mol. The zero-order chi connectivity index (χ0) is 10.4. The van der Waals surface area contributed by atoms with Crippen LogP contribution >= 0.6 is 11.6 Å². The van der Waals surface area contributed by atoms with Crippen LogP contribution in [0.15, 0.2) is 24.3 Å². The second-order valence-electron chi connectivity index (χ2n) is 3.12. The van der Waals surface area contributed by atoms with Crippen LogP contribution in [0.1, 0.15) is 23.7 Å². The zero-order valence-corrected chi connectivity index (χ0v) is 8.67. The zero-order valence-electron chi connectivity index (χ0n) is 7.91. The van der Waals surface area contributed by atoms with Crippen LogP contribution in [-0.4, -0.2) is 11.0 Å². The number of benzene rings is 1. The highest BCUT2D eigenvalue weighted by Gasteiger charge is 2.05. The van der Waals surface area contributed by atoms with Crippen LogP contribution in [-0.2, 0) is 6.42 Å². The molecule has 0 saturated heterocycles. The third-order valence-electron chi connectivity index (χ3n) is 2.05. The van der Waals surface area contributed by atoms with Crippen molar-refractivity contribution in [3.8, 4) is 12.3 Å². The molecule has 1 N–H and O–H groups in total. The van der Waals surface area contributed by atoms with Gasteiger partial charge in [-0.2, -0.15) is 0 Å². The fraction of sp³-hybridized carbons (Fsp3) is 0.333. The van der Waals surface area contributed by atoms with Gasteiger partial charge in [-0.15, -0.1) is 23.9 Å². The summed E-state index contributed by atoms with van der Waals surface area (Å²) in [4.78, 5) is 0. The van der Waals surface area contributed by atoms with E-state index in [1.807, 2.05) is 24.3 Å². The summed E-state index contributed by atoms with van der Waals surface area (Å²) in [5, 5.41) is 9.62. The monoisotopic (exact) mass is 208 g/mol. The molecule has 1 nitrogen and oxygen atoms in total. The molecule has 1 unspecified atom stereocenters. The average Bonchev–Trinajstić information content (AvgIpc) is 2.20. The summed E-state index contributed by atoms with van der Waals surface area (Å²) in [6.45, 7) is 0. The number of aliphatic hydroxyl groups is 1. The highest BCUT2D eigenvalue weighted by atomic mass is 35.5. The van der Waals surface area contributed by atoms with E-state index in [1.54, 1.807) is 0 Å². The van der Waals surface area contributed by atoms with E-state index in [2.05, 4.69) is 5.92 Å². The SMILES string of the molecule is C#CCc1ccc(C(O)CCCl)cc1. The van der Waals surface area contributed by atoms with Crippen molar-refractivity contribution < 1.29 is 5.11 Å². The molecule has 1 aromatic carbocycles. The van der Waals surface area contributed by atoms with Crippen LogP contribution in [0, 0.1) is 12.3 Å². The molecule has 0 radical (unpaired) electrons. The molecule has 0 aliphatic carbocycles. The lowest BCUT2D eigenvalue weighted by Gasteiger charge is -2.09.